The largest absolute Gasteiger partial charge is 0.512 e. The summed E-state index contributed by atoms with van der Waals surface area (Å²) in [5.41, 5.74) is 20.8. The molecule has 0 aliphatic rings. The number of rotatable bonds is 14. The van der Waals surface area contributed by atoms with E-state index in [4.69, 9.17) is 44.6 Å². The molecule has 0 amide bonds. The summed E-state index contributed by atoms with van der Waals surface area (Å²) in [6.45, 7) is 23.3. The third kappa shape index (κ3) is 30.4. The number of hydrogen-bond acceptors (Lipinski definition) is 8. The van der Waals surface area contributed by atoms with Crippen LogP contribution in [0.1, 0.15) is 107 Å². The number of allylic oxidation sites excluding steroid dienone is 8. The Hall–Kier alpha value is -14.4. The standard InChI is InChI=1S/C29H24N.C26H18N.2C25H16N.C7H12O2.C6H10O2.2C5H8O2.4Ir/c1-29(2,3)24-14-16-25-23(19-24)13-15-27-26(25)17-18-30-28(27)22-11-9-21(10-12-22)20-7-5-4-6-8-20;1-18-7-8-21-13-14-24-23(25(21)17-18)15-16-27-26(24)22-11-9-20(10-12-22)19-5-3-2-4-6-19;2*1-2-6-18(7-3-1)19-10-12-21(13-11-19)25-24-15-14-20-8-4-5-9-22(20)23(24)16-17-26-25;1-3-6(8)5-7(9)4-2;1-4(5(2)7)6(3)8;2*1-4(6)3-5(2)7;;;;/h4-11,13-19H,1-3H3;2-11,13-17H,1H3;2*1-12,14-17H;5,8H,3-4H2,1-2H3;7H,1-3H3;2*3,6H,1-2H3;;;;/q4*-1;;;;;;;;/p+4. The van der Waals surface area contributed by atoms with Crippen LogP contribution in [0.5, 0.6) is 0 Å². The zero-order valence-corrected chi connectivity index (χ0v) is 92.2. The van der Waals surface area contributed by atoms with Gasteiger partial charge in [-0.1, -0.05) is 339 Å². The van der Waals surface area contributed by atoms with Crippen LogP contribution in [0, 0.1) is 31.2 Å². The fourth-order valence-electron chi connectivity index (χ4n) is 16.1. The Labute approximate surface area is 898 Å². The van der Waals surface area contributed by atoms with Crippen molar-refractivity contribution in [3.05, 3.63) is 459 Å². The van der Waals surface area contributed by atoms with Gasteiger partial charge in [0, 0.05) is 112 Å². The van der Waals surface area contributed by atoms with Gasteiger partial charge in [0.25, 0.3) is 0 Å². The summed E-state index contributed by atoms with van der Waals surface area (Å²) in [6.07, 6.45) is 12.7. The van der Waals surface area contributed by atoms with Gasteiger partial charge in [0.2, 0.25) is 0 Å². The van der Waals surface area contributed by atoms with E-state index in [0.29, 0.717) is 18.4 Å². The van der Waals surface area contributed by atoms with Crippen molar-refractivity contribution in [3.63, 3.8) is 0 Å². The van der Waals surface area contributed by atoms with Gasteiger partial charge < -0.3 is 40.4 Å². The van der Waals surface area contributed by atoms with Gasteiger partial charge in [0.15, 0.2) is 0 Å². The van der Waals surface area contributed by atoms with E-state index in [1.54, 1.807) is 6.92 Å². The van der Waals surface area contributed by atoms with Crippen molar-refractivity contribution in [2.45, 2.75) is 108 Å². The number of fused-ring (bicyclic) bond motifs is 12. The molecule has 16 aromatic carbocycles. The van der Waals surface area contributed by atoms with Crippen molar-refractivity contribution < 1.29 is 120 Å². The molecule has 0 aliphatic carbocycles. The summed E-state index contributed by atoms with van der Waals surface area (Å²) in [5.74, 6) is 1.30. The van der Waals surface area contributed by atoms with Crippen LogP contribution in [0.25, 0.3) is 176 Å². The Kier molecular flexibility index (Phi) is 43.1. The van der Waals surface area contributed by atoms with Crippen LogP contribution >= 0.6 is 0 Å². The normalized spacial score (nSPS) is 11.1. The summed E-state index contributed by atoms with van der Waals surface area (Å²) < 4.78 is 0. The predicted molar refractivity (Wildman–Crippen MR) is 589 cm³/mol. The third-order valence-electron chi connectivity index (χ3n) is 23.6. The van der Waals surface area contributed by atoms with E-state index in [1.165, 1.54) is 185 Å². The Morgan fingerprint density at radius 2 is 0.583 bits per heavy atom. The summed E-state index contributed by atoms with van der Waals surface area (Å²) in [5, 5.41) is 54.0. The zero-order valence-electron chi connectivity index (χ0n) is 82.6. The fraction of sp³-hybridized carbons (Fsp3) is 0.125. The number of aromatic nitrogens is 4. The maximum atomic E-state index is 8.84. The van der Waals surface area contributed by atoms with Gasteiger partial charge in [0.1, 0.15) is 11.5 Å². The summed E-state index contributed by atoms with van der Waals surface area (Å²) in [7, 11) is 0. The van der Waals surface area contributed by atoms with Crippen LogP contribution in [0.2, 0.25) is 0 Å². The monoisotopic (exact) mass is 2610 g/mol. The average Bonchev–Trinajstić information content (AvgIpc) is 0.533. The first-order valence-corrected chi connectivity index (χ1v) is 46.7. The van der Waals surface area contributed by atoms with Crippen LogP contribution in [-0.2, 0) is 85.8 Å². The first-order chi connectivity index (χ1) is 67.6. The molecule has 0 spiro atoms. The van der Waals surface area contributed by atoms with Crippen molar-refractivity contribution in [1.29, 1.82) is 0 Å². The predicted octanol–water partition coefficient (Wildman–Crippen LogP) is 32.9. The molecule has 12 nitrogen and oxygen atoms in total. The number of aliphatic hydroxyl groups excluding tert-OH is 4. The SMILES string of the molecule is CC(=[OH+])C(C)=C(C)O.CC(=[OH+])C=C(C)O.CC(=[OH+])C=C(C)O.CC(C)(C)c1ccc2c(ccc3c(-c4[c-]cc(-c5ccccc5)cc4)nccc32)c1.CCC(=[OH+])C=C(O)CC.Cc1ccc2ccc3c(-c4[c-]cc(-c5ccccc5)cc4)nccc3c2c1.[Ir].[Ir].[Ir].[Ir].[c-]1cc(-c2ccccc2)ccc1-c1nccc2c1ccc1ccccc12.[c-]1cc(-c2ccccc2)ccc1-c1nccc2c1ccc1ccccc12. The van der Waals surface area contributed by atoms with Crippen LogP contribution < -0.4 is 0 Å². The summed E-state index contributed by atoms with van der Waals surface area (Å²) >= 11 is 0. The smallest absolute Gasteiger partial charge is 0.319 e. The number of ketones is 4. The topological polar surface area (TPSA) is 218 Å². The molecular weight excluding hydrogens is 2490 g/mol. The molecule has 20 aromatic rings. The second-order valence-corrected chi connectivity index (χ2v) is 35.0. The van der Waals surface area contributed by atoms with Crippen LogP contribution in [0.15, 0.2) is 423 Å². The van der Waals surface area contributed by atoms with Gasteiger partial charge in [-0.25, -0.2) is 0 Å². The first kappa shape index (κ1) is 113. The van der Waals surface area contributed by atoms with E-state index in [2.05, 4.69) is 382 Å². The number of pyridine rings is 4. The number of nitrogens with zero attached hydrogens (tertiary/aromatic N) is 4. The molecule has 0 aliphatic heterocycles. The summed E-state index contributed by atoms with van der Waals surface area (Å²) in [4.78, 5) is 53.0. The minimum atomic E-state index is 0. The number of hydrogen-bond donors (Lipinski definition) is 4. The van der Waals surface area contributed by atoms with Crippen molar-refractivity contribution in [2.75, 3.05) is 0 Å². The number of benzene rings is 16. The van der Waals surface area contributed by atoms with Gasteiger partial charge in [0.05, 0.1) is 62.5 Å². The van der Waals surface area contributed by atoms with E-state index in [-0.39, 0.29) is 132 Å². The van der Waals surface area contributed by atoms with Gasteiger partial charge >= 0.3 is 23.1 Å². The molecule has 732 valence electrons. The molecule has 4 radical (unpaired) electrons. The molecular formula is C128H116Ir4N4O8. The van der Waals surface area contributed by atoms with E-state index < -0.39 is 0 Å². The second kappa shape index (κ2) is 54.8. The molecule has 144 heavy (non-hydrogen) atoms. The van der Waals surface area contributed by atoms with E-state index in [0.717, 1.165) is 61.2 Å². The Morgan fingerprint density at radius 1 is 0.292 bits per heavy atom. The van der Waals surface area contributed by atoms with Gasteiger partial charge in [-0.2, -0.15) is 0 Å². The van der Waals surface area contributed by atoms with Crippen molar-refractivity contribution in [1.82, 2.24) is 19.9 Å². The maximum absolute atomic E-state index is 8.84. The maximum Gasteiger partial charge on any atom is 0.319 e. The van der Waals surface area contributed by atoms with Gasteiger partial charge in [-0.05, 0) is 179 Å². The average molecular weight is 2610 g/mol. The Bertz CT molecular complexity index is 7670. The molecule has 0 atom stereocenters. The summed E-state index contributed by atoms with van der Waals surface area (Å²) in [6, 6.07) is 137. The van der Waals surface area contributed by atoms with Crippen LogP contribution in [-0.4, -0.2) is 82.7 Å². The number of carbonyl (C=O) groups excluding carboxylic acids is 4. The quantitative estimate of drug-likeness (QED) is 0.0269. The number of aryl methyl sites for hydroxylation is 1. The molecule has 4 heterocycles. The van der Waals surface area contributed by atoms with E-state index in [1.807, 2.05) is 75.0 Å². The fourth-order valence-corrected chi connectivity index (χ4v) is 16.1. The Morgan fingerprint density at radius 3 is 0.854 bits per heavy atom. The molecule has 0 fully saturated rings. The molecule has 20 rings (SSSR count). The van der Waals surface area contributed by atoms with Gasteiger partial charge in [-0.3, -0.25) is 19.2 Å². The molecule has 4 aromatic heterocycles. The third-order valence-corrected chi connectivity index (χ3v) is 23.6. The molecule has 0 saturated heterocycles. The molecule has 0 saturated carbocycles. The van der Waals surface area contributed by atoms with Gasteiger partial charge in [-0.15, -0.1) is 119 Å². The first-order valence-electron chi connectivity index (χ1n) is 46.7. The van der Waals surface area contributed by atoms with Crippen molar-refractivity contribution >= 4 is 109 Å². The van der Waals surface area contributed by atoms with E-state index in [9.17, 15) is 0 Å². The Balaban J connectivity index is 0.000000193. The van der Waals surface area contributed by atoms with Crippen LogP contribution in [0.3, 0.4) is 0 Å². The molecule has 0 bridgehead atoms. The molecule has 16 heteroatoms. The number of aliphatic hydroxyl groups is 4. The minimum absolute atomic E-state index is 0. The zero-order chi connectivity index (χ0) is 99.4. The van der Waals surface area contributed by atoms with Crippen molar-refractivity contribution in [3.8, 4) is 89.5 Å². The molecule has 8 N–H and O–H groups in total. The van der Waals surface area contributed by atoms with E-state index >= 15 is 0 Å². The van der Waals surface area contributed by atoms with Crippen LogP contribution in [0.4, 0.5) is 0 Å². The minimum Gasteiger partial charge on any atom is -0.512 e. The molecule has 0 unspecified atom stereocenters. The second-order valence-electron chi connectivity index (χ2n) is 35.0. The van der Waals surface area contributed by atoms with Crippen molar-refractivity contribution in [2.24, 2.45) is 0 Å².